The summed E-state index contributed by atoms with van der Waals surface area (Å²) in [6.45, 7) is 1.91. The molecule has 4 rings (SSSR count). The van der Waals surface area contributed by atoms with Gasteiger partial charge in [-0.3, -0.25) is 4.79 Å². The van der Waals surface area contributed by atoms with Crippen molar-refractivity contribution in [2.45, 2.75) is 38.7 Å². The van der Waals surface area contributed by atoms with E-state index in [9.17, 15) is 9.59 Å². The number of carbonyl (C=O) groups excluding carboxylic acids is 2. The molecule has 0 aliphatic heterocycles. The Hall–Kier alpha value is -1.14. The zero-order valence-electron chi connectivity index (χ0n) is 11.7. The Labute approximate surface area is 117 Å². The van der Waals surface area contributed by atoms with Crippen molar-refractivity contribution in [1.29, 1.82) is 0 Å². The molecule has 4 bridgehead atoms. The summed E-state index contributed by atoms with van der Waals surface area (Å²) < 4.78 is 11.0. The van der Waals surface area contributed by atoms with Crippen LogP contribution in [0.4, 0.5) is 0 Å². The van der Waals surface area contributed by atoms with Gasteiger partial charge in [0.1, 0.15) is 6.61 Å². The van der Waals surface area contributed by atoms with Crippen LogP contribution in [0.3, 0.4) is 0 Å². The molecule has 0 spiro atoms. The molecule has 5 unspecified atom stereocenters. The molecular formula is C14H21NO5. The topological polar surface area (TPSA) is 87.8 Å². The summed E-state index contributed by atoms with van der Waals surface area (Å²) in [5, 5.41) is 0. The average molecular weight is 283 g/mol. The fraction of sp³-hybridized carbons (Fsp3) is 0.857. The first-order chi connectivity index (χ1) is 9.53. The minimum Gasteiger partial charge on any atom is -0.465 e. The second-order valence-corrected chi connectivity index (χ2v) is 6.58. The zero-order chi connectivity index (χ0) is 14.3. The molecule has 6 heteroatoms. The van der Waals surface area contributed by atoms with E-state index in [2.05, 4.69) is 4.84 Å². The molecule has 2 N–H and O–H groups in total. The molecule has 0 radical (unpaired) electrons. The highest BCUT2D eigenvalue weighted by atomic mass is 16.7. The fourth-order valence-corrected chi connectivity index (χ4v) is 4.78. The summed E-state index contributed by atoms with van der Waals surface area (Å²) >= 11 is 0. The normalized spacial score (nSPS) is 40.9. The van der Waals surface area contributed by atoms with Crippen molar-refractivity contribution in [1.82, 2.24) is 0 Å². The molecule has 4 saturated carbocycles. The maximum absolute atomic E-state index is 11.1. The van der Waals surface area contributed by atoms with Gasteiger partial charge < -0.3 is 14.3 Å². The van der Waals surface area contributed by atoms with Crippen LogP contribution in [-0.4, -0.2) is 31.3 Å². The van der Waals surface area contributed by atoms with Crippen LogP contribution in [0.5, 0.6) is 0 Å². The minimum atomic E-state index is -0.531. The SMILES string of the molecule is CC(=O)OCC12CC3CC(C1)C(OCC(=O)ON)C3C2. The van der Waals surface area contributed by atoms with Crippen molar-refractivity contribution in [3.05, 3.63) is 0 Å². The molecule has 4 fully saturated rings. The van der Waals surface area contributed by atoms with E-state index in [4.69, 9.17) is 15.4 Å². The van der Waals surface area contributed by atoms with Crippen molar-refractivity contribution >= 4 is 11.9 Å². The van der Waals surface area contributed by atoms with Crippen LogP contribution < -0.4 is 5.90 Å². The highest BCUT2D eigenvalue weighted by Gasteiger charge is 2.61. The van der Waals surface area contributed by atoms with E-state index >= 15 is 0 Å². The van der Waals surface area contributed by atoms with Crippen molar-refractivity contribution in [2.24, 2.45) is 29.1 Å². The Morgan fingerprint density at radius 1 is 1.25 bits per heavy atom. The van der Waals surface area contributed by atoms with E-state index in [-0.39, 0.29) is 24.1 Å². The van der Waals surface area contributed by atoms with E-state index in [1.54, 1.807) is 0 Å². The van der Waals surface area contributed by atoms with Gasteiger partial charge in [0.2, 0.25) is 0 Å². The molecule has 0 amide bonds. The standard InChI is InChI=1S/C14H21NO5/c1-8(16)19-7-14-3-9-2-10(4-14)13(11(9)5-14)18-6-12(17)20-15/h9-11,13H,2-7,15H2,1H3. The number of rotatable bonds is 5. The lowest BCUT2D eigenvalue weighted by Gasteiger charge is -2.40. The number of nitrogens with two attached hydrogens (primary N) is 1. The highest BCUT2D eigenvalue weighted by Crippen LogP contribution is 2.64. The fourth-order valence-electron chi connectivity index (χ4n) is 4.78. The lowest BCUT2D eigenvalue weighted by Crippen LogP contribution is -2.40. The number of esters is 1. The second kappa shape index (κ2) is 5.00. The molecule has 0 saturated heterocycles. The van der Waals surface area contributed by atoms with Gasteiger partial charge in [-0.15, -0.1) is 0 Å². The molecular weight excluding hydrogens is 262 g/mol. The van der Waals surface area contributed by atoms with Crippen LogP contribution in [0.1, 0.15) is 32.6 Å². The summed E-state index contributed by atoms with van der Waals surface area (Å²) in [5.74, 6) is 5.67. The molecule has 6 nitrogen and oxygen atoms in total. The van der Waals surface area contributed by atoms with Gasteiger partial charge in [0, 0.05) is 12.3 Å². The molecule has 112 valence electrons. The summed E-state index contributed by atoms with van der Waals surface area (Å²) in [4.78, 5) is 26.2. The minimum absolute atomic E-state index is 0.0716. The molecule has 4 aliphatic rings. The van der Waals surface area contributed by atoms with Crippen LogP contribution in [0.2, 0.25) is 0 Å². The first kappa shape index (κ1) is 13.8. The van der Waals surface area contributed by atoms with Gasteiger partial charge in [0.05, 0.1) is 12.7 Å². The first-order valence-corrected chi connectivity index (χ1v) is 7.17. The van der Waals surface area contributed by atoms with Gasteiger partial charge in [-0.25, -0.2) is 4.79 Å². The number of ether oxygens (including phenoxy) is 2. The highest BCUT2D eigenvalue weighted by molar-refractivity contribution is 5.70. The third-order valence-electron chi connectivity index (χ3n) is 5.26. The third kappa shape index (κ3) is 2.31. The first-order valence-electron chi connectivity index (χ1n) is 7.17. The van der Waals surface area contributed by atoms with Gasteiger partial charge in [-0.1, -0.05) is 0 Å². The van der Waals surface area contributed by atoms with Gasteiger partial charge >= 0.3 is 11.9 Å². The Balaban J connectivity index is 1.60. The van der Waals surface area contributed by atoms with Crippen LogP contribution in [0.25, 0.3) is 0 Å². The van der Waals surface area contributed by atoms with Crippen molar-refractivity contribution < 1.29 is 23.9 Å². The average Bonchev–Trinajstić information content (AvgIpc) is 2.81. The maximum Gasteiger partial charge on any atom is 0.350 e. The van der Waals surface area contributed by atoms with E-state index in [0.717, 1.165) is 25.7 Å². The smallest absolute Gasteiger partial charge is 0.350 e. The Bertz CT molecular complexity index is 422. The summed E-state index contributed by atoms with van der Waals surface area (Å²) in [6.07, 6.45) is 4.46. The Kier molecular flexibility index (Phi) is 3.46. The number of hydrogen-bond acceptors (Lipinski definition) is 6. The van der Waals surface area contributed by atoms with Gasteiger partial charge in [0.25, 0.3) is 0 Å². The maximum atomic E-state index is 11.1. The van der Waals surface area contributed by atoms with Crippen LogP contribution >= 0.6 is 0 Å². The lowest BCUT2D eigenvalue weighted by atomic mass is 9.69. The quantitative estimate of drug-likeness (QED) is 0.593. The predicted octanol–water partition coefficient (Wildman–Crippen LogP) is 0.788. The molecule has 20 heavy (non-hydrogen) atoms. The molecule has 0 aromatic rings. The summed E-state index contributed by atoms with van der Waals surface area (Å²) in [5.41, 5.74) is 0.151. The van der Waals surface area contributed by atoms with Gasteiger partial charge in [-0.2, -0.15) is 5.90 Å². The zero-order valence-corrected chi connectivity index (χ0v) is 11.7. The predicted molar refractivity (Wildman–Crippen MR) is 68.0 cm³/mol. The molecule has 4 aliphatic carbocycles. The molecule has 0 heterocycles. The Morgan fingerprint density at radius 2 is 2.00 bits per heavy atom. The number of hydrogen-bond donors (Lipinski definition) is 1. The van der Waals surface area contributed by atoms with Crippen molar-refractivity contribution in [3.8, 4) is 0 Å². The van der Waals surface area contributed by atoms with E-state index in [1.165, 1.54) is 6.92 Å². The second-order valence-electron chi connectivity index (χ2n) is 6.58. The number of carbonyl (C=O) groups is 2. The van der Waals surface area contributed by atoms with Gasteiger partial charge in [0.15, 0.2) is 0 Å². The summed E-state index contributed by atoms with van der Waals surface area (Å²) in [6, 6.07) is 0. The van der Waals surface area contributed by atoms with E-state index < -0.39 is 5.97 Å². The van der Waals surface area contributed by atoms with Crippen LogP contribution in [0, 0.1) is 23.2 Å². The van der Waals surface area contributed by atoms with E-state index in [1.807, 2.05) is 0 Å². The molecule has 0 aromatic carbocycles. The largest absolute Gasteiger partial charge is 0.465 e. The van der Waals surface area contributed by atoms with Gasteiger partial charge in [-0.05, 0) is 43.4 Å². The molecule has 5 atom stereocenters. The summed E-state index contributed by atoms with van der Waals surface area (Å²) in [7, 11) is 0. The van der Waals surface area contributed by atoms with Crippen molar-refractivity contribution in [2.75, 3.05) is 13.2 Å². The molecule has 0 aromatic heterocycles. The third-order valence-corrected chi connectivity index (χ3v) is 5.26. The van der Waals surface area contributed by atoms with E-state index in [0.29, 0.717) is 24.4 Å². The van der Waals surface area contributed by atoms with Crippen LogP contribution in [0.15, 0.2) is 0 Å². The Morgan fingerprint density at radius 3 is 2.65 bits per heavy atom. The monoisotopic (exact) mass is 283 g/mol. The lowest BCUT2D eigenvalue weighted by molar-refractivity contribution is -0.157. The van der Waals surface area contributed by atoms with Crippen molar-refractivity contribution in [3.63, 3.8) is 0 Å². The van der Waals surface area contributed by atoms with Crippen LogP contribution in [-0.2, 0) is 23.9 Å².